The van der Waals surface area contributed by atoms with Gasteiger partial charge in [0, 0.05) is 17.6 Å². The van der Waals surface area contributed by atoms with Gasteiger partial charge >= 0.3 is 13.9 Å². The number of ether oxygens (including phenoxy) is 3. The molecule has 0 spiro atoms. The van der Waals surface area contributed by atoms with Crippen LogP contribution in [0.5, 0.6) is 17.2 Å². The van der Waals surface area contributed by atoms with E-state index >= 15 is 0 Å². The van der Waals surface area contributed by atoms with E-state index in [0.29, 0.717) is 24.3 Å². The van der Waals surface area contributed by atoms with Gasteiger partial charge in [-0.05, 0) is 127 Å². The smallest absolute Gasteiger partial charge is 0.493 e. The molecule has 0 fully saturated rings. The first-order valence-corrected chi connectivity index (χ1v) is 21.8. The van der Waals surface area contributed by atoms with Crippen molar-refractivity contribution in [3.8, 4) is 17.2 Å². The number of carbonyl (C=O) groups excluding carboxylic acids is 3. The molecule has 0 saturated heterocycles. The minimum atomic E-state index is -4.27. The van der Waals surface area contributed by atoms with Crippen molar-refractivity contribution in [2.45, 2.75) is 85.5 Å². The number of phosphoric ester groups is 1. The quantitative estimate of drug-likeness (QED) is 0.0643. The van der Waals surface area contributed by atoms with E-state index in [4.69, 9.17) is 39.4 Å². The number of hydrogen-bond donors (Lipinski definition) is 3. The standard InChI is InChI=1S/C46H55ClN3O10P/c1-44(2,3)57-43(53)49-21-14-23-55-38-27-32-17-12-10-15-30(32)25-35(38)41(51)48-22-24-56-39-28-33-18-13-11-16-31(33)26-36(39)42(52)50-37-20-19-34(47)29-40(37)58-61(54,59-45(4,5)6)60-46(7,8)9/h10-13,15-20,25-29H,14,21-24H2,1-9H3,(H,48,51)(H,49,53)(H,50,52). The zero-order valence-electron chi connectivity index (χ0n) is 36.1. The fourth-order valence-electron chi connectivity index (χ4n) is 5.92. The van der Waals surface area contributed by atoms with E-state index in [0.717, 1.165) is 21.5 Å². The Morgan fingerprint density at radius 2 is 1.10 bits per heavy atom. The Kier molecular flexibility index (Phi) is 15.0. The van der Waals surface area contributed by atoms with Crippen molar-refractivity contribution >= 4 is 64.6 Å². The fraction of sp³-hybridized carbons (Fsp3) is 0.370. The number of benzene rings is 5. The molecule has 0 bridgehead atoms. The van der Waals surface area contributed by atoms with Crippen molar-refractivity contribution in [3.63, 3.8) is 0 Å². The molecule has 0 atom stereocenters. The van der Waals surface area contributed by atoms with Crippen molar-refractivity contribution in [2.75, 3.05) is 31.6 Å². The van der Waals surface area contributed by atoms with E-state index in [1.54, 1.807) is 86.6 Å². The number of anilines is 1. The van der Waals surface area contributed by atoms with E-state index in [2.05, 4.69) is 16.0 Å². The predicted octanol–water partition coefficient (Wildman–Crippen LogP) is 11.1. The number of fused-ring (bicyclic) bond motifs is 2. The lowest BCUT2D eigenvalue weighted by atomic mass is 10.0. The highest BCUT2D eigenvalue weighted by atomic mass is 35.5. The normalized spacial score (nSPS) is 12.2. The molecule has 5 aromatic carbocycles. The number of amides is 3. The summed E-state index contributed by atoms with van der Waals surface area (Å²) in [5.41, 5.74) is -1.75. The maximum Gasteiger partial charge on any atom is 0.531 e. The molecule has 0 radical (unpaired) electrons. The van der Waals surface area contributed by atoms with Crippen molar-refractivity contribution in [1.82, 2.24) is 10.6 Å². The van der Waals surface area contributed by atoms with Crippen LogP contribution in [0.3, 0.4) is 0 Å². The molecule has 0 saturated carbocycles. The Morgan fingerprint density at radius 1 is 0.590 bits per heavy atom. The minimum Gasteiger partial charge on any atom is -0.493 e. The second-order valence-corrected chi connectivity index (χ2v) is 19.0. The Labute approximate surface area is 362 Å². The summed E-state index contributed by atoms with van der Waals surface area (Å²) in [5, 5.41) is 12.1. The maximum absolute atomic E-state index is 14.1. The van der Waals surface area contributed by atoms with Gasteiger partial charge < -0.3 is 34.7 Å². The third kappa shape index (κ3) is 14.4. The number of carbonyl (C=O) groups is 3. The van der Waals surface area contributed by atoms with Gasteiger partial charge in [0.15, 0.2) is 5.75 Å². The van der Waals surface area contributed by atoms with E-state index in [1.807, 2.05) is 54.6 Å². The summed E-state index contributed by atoms with van der Waals surface area (Å²) < 4.78 is 49.1. The summed E-state index contributed by atoms with van der Waals surface area (Å²) >= 11 is 6.34. The molecule has 0 aliphatic rings. The number of hydrogen-bond acceptors (Lipinski definition) is 10. The summed E-state index contributed by atoms with van der Waals surface area (Å²) in [6, 6.07) is 26.7. The van der Waals surface area contributed by atoms with E-state index in [9.17, 15) is 18.9 Å². The largest absolute Gasteiger partial charge is 0.531 e. The second-order valence-electron chi connectivity index (χ2n) is 17.2. The molecule has 0 aromatic heterocycles. The summed E-state index contributed by atoms with van der Waals surface area (Å²) in [4.78, 5) is 39.8. The first-order chi connectivity index (χ1) is 28.6. The van der Waals surface area contributed by atoms with Gasteiger partial charge in [-0.3, -0.25) is 18.6 Å². The molecule has 326 valence electrons. The van der Waals surface area contributed by atoms with Gasteiger partial charge in [-0.25, -0.2) is 9.36 Å². The summed E-state index contributed by atoms with van der Waals surface area (Å²) in [6.07, 6.45) is -0.0351. The lowest BCUT2D eigenvalue weighted by Crippen LogP contribution is -2.33. The molecule has 0 aliphatic heterocycles. The molecule has 3 N–H and O–H groups in total. The third-order valence-electron chi connectivity index (χ3n) is 8.25. The first kappa shape index (κ1) is 46.7. The van der Waals surface area contributed by atoms with Crippen LogP contribution in [0.2, 0.25) is 5.02 Å². The van der Waals surface area contributed by atoms with Crippen molar-refractivity contribution in [1.29, 1.82) is 0 Å². The van der Waals surface area contributed by atoms with Gasteiger partial charge in [0.2, 0.25) is 0 Å². The molecule has 61 heavy (non-hydrogen) atoms. The van der Waals surface area contributed by atoms with Crippen LogP contribution in [0, 0.1) is 0 Å². The highest BCUT2D eigenvalue weighted by molar-refractivity contribution is 7.49. The molecule has 13 nitrogen and oxygen atoms in total. The Balaban J connectivity index is 1.30. The van der Waals surface area contributed by atoms with Crippen molar-refractivity contribution < 1.29 is 46.7 Å². The van der Waals surface area contributed by atoms with Crippen LogP contribution in [0.25, 0.3) is 21.5 Å². The van der Waals surface area contributed by atoms with Gasteiger partial charge in [0.1, 0.15) is 23.7 Å². The minimum absolute atomic E-state index is 0.0111. The average molecular weight is 876 g/mol. The topological polar surface area (TPSA) is 160 Å². The second kappa shape index (κ2) is 19.6. The molecule has 0 aliphatic carbocycles. The molecule has 5 aromatic rings. The van der Waals surface area contributed by atoms with Crippen molar-refractivity contribution in [3.05, 3.63) is 107 Å². The highest BCUT2D eigenvalue weighted by Crippen LogP contribution is 2.56. The van der Waals surface area contributed by atoms with Crippen LogP contribution >= 0.6 is 19.4 Å². The monoisotopic (exact) mass is 875 g/mol. The third-order valence-corrected chi connectivity index (χ3v) is 10.4. The molecule has 5 rings (SSSR count). The maximum atomic E-state index is 14.1. The predicted molar refractivity (Wildman–Crippen MR) is 239 cm³/mol. The van der Waals surface area contributed by atoms with Gasteiger partial charge in [-0.15, -0.1) is 0 Å². The van der Waals surface area contributed by atoms with Crippen LogP contribution < -0.4 is 29.9 Å². The number of alkyl carbamates (subject to hydrolysis) is 1. The average Bonchev–Trinajstić information content (AvgIpc) is 3.14. The molecule has 0 unspecified atom stereocenters. The SMILES string of the molecule is CC(C)(C)OC(=O)NCCCOc1cc2ccccc2cc1C(=O)NCCOc1cc2ccccc2cc1C(=O)Nc1ccc(Cl)cc1OP(=O)(OC(C)(C)C)OC(C)(C)C. The molecule has 0 heterocycles. The Hall–Kier alpha value is -5.33. The van der Waals surface area contributed by atoms with Gasteiger partial charge in [-0.1, -0.05) is 60.1 Å². The summed E-state index contributed by atoms with van der Waals surface area (Å²) in [5.74, 6) is -0.321. The Morgan fingerprint density at radius 3 is 1.62 bits per heavy atom. The zero-order valence-corrected chi connectivity index (χ0v) is 37.8. The van der Waals surface area contributed by atoms with Crippen LogP contribution in [0.4, 0.5) is 10.5 Å². The van der Waals surface area contributed by atoms with E-state index in [-0.39, 0.29) is 53.4 Å². The molecular formula is C46H55ClN3O10P. The van der Waals surface area contributed by atoms with Crippen LogP contribution in [0.1, 0.15) is 89.5 Å². The first-order valence-electron chi connectivity index (χ1n) is 19.9. The van der Waals surface area contributed by atoms with Crippen LogP contribution in [0.15, 0.2) is 91.0 Å². The molecular weight excluding hydrogens is 821 g/mol. The van der Waals surface area contributed by atoms with E-state index in [1.165, 1.54) is 12.1 Å². The van der Waals surface area contributed by atoms with Gasteiger partial charge in [-0.2, -0.15) is 0 Å². The highest BCUT2D eigenvalue weighted by Gasteiger charge is 2.39. The summed E-state index contributed by atoms with van der Waals surface area (Å²) in [6.45, 7) is 16.4. The fourth-order valence-corrected chi connectivity index (χ4v) is 7.93. The molecule has 3 amide bonds. The lowest BCUT2D eigenvalue weighted by molar-refractivity contribution is 0.0223. The van der Waals surface area contributed by atoms with E-state index < -0.39 is 36.6 Å². The molecule has 15 heteroatoms. The summed E-state index contributed by atoms with van der Waals surface area (Å²) in [7, 11) is -4.27. The number of halogens is 1. The lowest BCUT2D eigenvalue weighted by Gasteiger charge is -2.31. The van der Waals surface area contributed by atoms with Crippen LogP contribution in [-0.4, -0.2) is 61.0 Å². The van der Waals surface area contributed by atoms with Gasteiger partial charge in [0.05, 0.1) is 41.2 Å². The Bertz CT molecular complexity index is 2400. The van der Waals surface area contributed by atoms with Gasteiger partial charge in [0.25, 0.3) is 11.8 Å². The van der Waals surface area contributed by atoms with Crippen molar-refractivity contribution in [2.24, 2.45) is 0 Å². The number of phosphoric acid groups is 1. The number of rotatable bonds is 16. The number of nitrogens with one attached hydrogen (secondary N) is 3. The van der Waals surface area contributed by atoms with Crippen LogP contribution in [-0.2, 0) is 18.3 Å². The zero-order chi connectivity index (χ0) is 44.6.